The molecule has 0 saturated heterocycles. The molecule has 3 heteroatoms. The molecule has 3 heterocycles. The van der Waals surface area contributed by atoms with Gasteiger partial charge in [-0.2, -0.15) is 0 Å². The number of unbranched alkanes of at least 4 members (excludes halogenated alkanes) is 6. The minimum atomic E-state index is 1.23. The molecular formula is C24H32S3. The Kier molecular flexibility index (Phi) is 8.63. The van der Waals surface area contributed by atoms with Gasteiger partial charge < -0.3 is 0 Å². The second kappa shape index (κ2) is 11.2. The maximum atomic E-state index is 2.35. The minimum absolute atomic E-state index is 1.23. The molecule has 0 N–H and O–H groups in total. The standard InChI is InChI=1S/C24H32S3/c1-3-5-7-9-11-19-15-17-25-23(19)21-13-14-22(27-21)24-20(16-18-26-24)12-10-8-6-4-2/h13-18H,3-12H2,1-2H3. The molecule has 0 nitrogen and oxygen atoms in total. The summed E-state index contributed by atoms with van der Waals surface area (Å²) in [7, 11) is 0. The number of aryl methyl sites for hydroxylation is 2. The molecule has 0 aliphatic rings. The molecule has 0 amide bonds. The molecule has 0 aliphatic carbocycles. The Morgan fingerprint density at radius 2 is 1.07 bits per heavy atom. The maximum absolute atomic E-state index is 2.35. The first kappa shape index (κ1) is 20.8. The topological polar surface area (TPSA) is 0 Å². The van der Waals surface area contributed by atoms with Crippen LogP contribution in [0.15, 0.2) is 35.0 Å². The summed E-state index contributed by atoms with van der Waals surface area (Å²) in [5.41, 5.74) is 3.10. The van der Waals surface area contributed by atoms with Crippen LogP contribution in [-0.2, 0) is 12.8 Å². The highest BCUT2D eigenvalue weighted by molar-refractivity contribution is 7.25. The monoisotopic (exact) mass is 416 g/mol. The Balaban J connectivity index is 1.68. The van der Waals surface area contributed by atoms with Gasteiger partial charge in [0.15, 0.2) is 0 Å². The summed E-state index contributed by atoms with van der Waals surface area (Å²) >= 11 is 5.81. The third-order valence-corrected chi connectivity index (χ3v) is 8.51. The smallest absolute Gasteiger partial charge is 0.0474 e. The highest BCUT2D eigenvalue weighted by Crippen LogP contribution is 2.42. The molecule has 0 aromatic carbocycles. The van der Waals surface area contributed by atoms with Gasteiger partial charge in [0, 0.05) is 19.5 Å². The van der Waals surface area contributed by atoms with Crippen molar-refractivity contribution in [3.05, 3.63) is 46.2 Å². The Morgan fingerprint density at radius 1 is 0.593 bits per heavy atom. The molecule has 0 bridgehead atoms. The van der Waals surface area contributed by atoms with Gasteiger partial charge in [0.05, 0.1) is 0 Å². The molecule has 0 atom stereocenters. The van der Waals surface area contributed by atoms with E-state index < -0.39 is 0 Å². The molecule has 3 rings (SSSR count). The predicted molar refractivity (Wildman–Crippen MR) is 127 cm³/mol. The summed E-state index contributed by atoms with van der Waals surface area (Å²) < 4.78 is 0. The van der Waals surface area contributed by atoms with Crippen LogP contribution in [-0.4, -0.2) is 0 Å². The largest absolute Gasteiger partial charge is 0.143 e. The van der Waals surface area contributed by atoms with Gasteiger partial charge in [-0.05, 0) is 71.8 Å². The van der Waals surface area contributed by atoms with E-state index in [0.29, 0.717) is 0 Å². The number of hydrogen-bond acceptors (Lipinski definition) is 3. The van der Waals surface area contributed by atoms with Gasteiger partial charge in [-0.25, -0.2) is 0 Å². The van der Waals surface area contributed by atoms with E-state index in [1.54, 1.807) is 11.1 Å². The number of rotatable bonds is 12. The summed E-state index contributed by atoms with van der Waals surface area (Å²) in [6.07, 6.45) is 13.2. The first-order valence-corrected chi connectivity index (χ1v) is 13.1. The quantitative estimate of drug-likeness (QED) is 0.258. The second-order valence-corrected chi connectivity index (χ2v) is 10.3. The summed E-state index contributed by atoms with van der Waals surface area (Å²) in [6, 6.07) is 9.38. The molecule has 3 aromatic rings. The lowest BCUT2D eigenvalue weighted by molar-refractivity contribution is 0.668. The molecule has 0 unspecified atom stereocenters. The van der Waals surface area contributed by atoms with E-state index in [1.807, 2.05) is 34.0 Å². The van der Waals surface area contributed by atoms with Gasteiger partial charge in [0.2, 0.25) is 0 Å². The van der Waals surface area contributed by atoms with Crippen LogP contribution < -0.4 is 0 Å². The normalized spacial score (nSPS) is 11.3. The van der Waals surface area contributed by atoms with Crippen LogP contribution in [0.1, 0.15) is 76.3 Å². The molecule has 0 fully saturated rings. The van der Waals surface area contributed by atoms with Crippen molar-refractivity contribution < 1.29 is 0 Å². The van der Waals surface area contributed by atoms with Crippen LogP contribution in [0, 0.1) is 0 Å². The lowest BCUT2D eigenvalue weighted by atomic mass is 10.1. The van der Waals surface area contributed by atoms with Crippen LogP contribution in [0.3, 0.4) is 0 Å². The van der Waals surface area contributed by atoms with Crippen molar-refractivity contribution in [3.63, 3.8) is 0 Å². The van der Waals surface area contributed by atoms with Gasteiger partial charge in [-0.3, -0.25) is 0 Å². The summed E-state index contributed by atoms with van der Waals surface area (Å²) in [6.45, 7) is 4.57. The molecule has 0 radical (unpaired) electrons. The Bertz CT molecular complexity index is 725. The van der Waals surface area contributed by atoms with Crippen molar-refractivity contribution >= 4 is 34.0 Å². The zero-order chi connectivity index (χ0) is 18.9. The average Bonchev–Trinajstić information content (AvgIpc) is 3.42. The van der Waals surface area contributed by atoms with E-state index in [4.69, 9.17) is 0 Å². The van der Waals surface area contributed by atoms with Crippen LogP contribution in [0.4, 0.5) is 0 Å². The number of thiophene rings is 3. The molecule has 27 heavy (non-hydrogen) atoms. The molecular weight excluding hydrogens is 384 g/mol. The SMILES string of the molecule is CCCCCCc1ccsc1-c1ccc(-c2sccc2CCCCCC)s1. The summed E-state index contributed by atoms with van der Waals surface area (Å²) in [5.74, 6) is 0. The fourth-order valence-corrected chi connectivity index (χ4v) is 6.81. The first-order valence-electron chi connectivity index (χ1n) is 10.6. The van der Waals surface area contributed by atoms with Crippen LogP contribution in [0.25, 0.3) is 19.5 Å². The average molecular weight is 417 g/mol. The number of hydrogen-bond donors (Lipinski definition) is 0. The molecule has 0 aliphatic heterocycles. The Hall–Kier alpha value is -0.900. The van der Waals surface area contributed by atoms with E-state index in [0.717, 1.165) is 0 Å². The van der Waals surface area contributed by atoms with Crippen molar-refractivity contribution in [3.8, 4) is 19.5 Å². The fourth-order valence-electron chi connectivity index (χ4n) is 3.56. The van der Waals surface area contributed by atoms with Crippen LogP contribution in [0.5, 0.6) is 0 Å². The van der Waals surface area contributed by atoms with E-state index in [9.17, 15) is 0 Å². The molecule has 146 valence electrons. The van der Waals surface area contributed by atoms with E-state index in [1.165, 1.54) is 83.7 Å². The van der Waals surface area contributed by atoms with E-state index >= 15 is 0 Å². The molecule has 3 aromatic heterocycles. The van der Waals surface area contributed by atoms with Gasteiger partial charge in [-0.15, -0.1) is 34.0 Å². The minimum Gasteiger partial charge on any atom is -0.143 e. The van der Waals surface area contributed by atoms with Crippen molar-refractivity contribution in [1.29, 1.82) is 0 Å². The first-order chi connectivity index (χ1) is 13.3. The maximum Gasteiger partial charge on any atom is 0.0474 e. The zero-order valence-electron chi connectivity index (χ0n) is 16.8. The Labute approximate surface area is 177 Å². The van der Waals surface area contributed by atoms with Crippen molar-refractivity contribution in [2.45, 2.75) is 78.1 Å². The zero-order valence-corrected chi connectivity index (χ0v) is 19.2. The summed E-state index contributed by atoms with van der Waals surface area (Å²) in [4.78, 5) is 5.92. The van der Waals surface area contributed by atoms with Crippen molar-refractivity contribution in [2.24, 2.45) is 0 Å². The van der Waals surface area contributed by atoms with Crippen LogP contribution >= 0.6 is 34.0 Å². The molecule has 0 saturated carbocycles. The van der Waals surface area contributed by atoms with Gasteiger partial charge in [0.25, 0.3) is 0 Å². The lowest BCUT2D eigenvalue weighted by Crippen LogP contribution is -1.85. The fraction of sp³-hybridized carbons (Fsp3) is 0.500. The predicted octanol–water partition coefficient (Wildman–Crippen LogP) is 9.45. The third kappa shape index (κ3) is 5.79. The van der Waals surface area contributed by atoms with Gasteiger partial charge in [0.1, 0.15) is 0 Å². The van der Waals surface area contributed by atoms with E-state index in [2.05, 4.69) is 48.9 Å². The van der Waals surface area contributed by atoms with Crippen LogP contribution in [0.2, 0.25) is 0 Å². The second-order valence-electron chi connectivity index (χ2n) is 7.34. The Morgan fingerprint density at radius 3 is 1.52 bits per heavy atom. The van der Waals surface area contributed by atoms with Gasteiger partial charge >= 0.3 is 0 Å². The van der Waals surface area contributed by atoms with Crippen molar-refractivity contribution in [1.82, 2.24) is 0 Å². The highest BCUT2D eigenvalue weighted by Gasteiger charge is 2.13. The van der Waals surface area contributed by atoms with E-state index in [-0.39, 0.29) is 0 Å². The third-order valence-electron chi connectivity index (χ3n) is 5.15. The summed E-state index contributed by atoms with van der Waals surface area (Å²) in [5, 5.41) is 4.54. The highest BCUT2D eigenvalue weighted by atomic mass is 32.1. The lowest BCUT2D eigenvalue weighted by Gasteiger charge is -2.03. The molecule has 0 spiro atoms. The van der Waals surface area contributed by atoms with Crippen molar-refractivity contribution in [2.75, 3.05) is 0 Å². The van der Waals surface area contributed by atoms with Gasteiger partial charge in [-0.1, -0.05) is 52.4 Å².